The maximum absolute atomic E-state index is 12.4. The lowest BCUT2D eigenvalue weighted by atomic mass is 10.2. The van der Waals surface area contributed by atoms with Crippen molar-refractivity contribution in [3.8, 4) is 12.1 Å². The number of aldehydes is 1. The molecule has 0 bridgehead atoms. The van der Waals surface area contributed by atoms with Crippen LogP contribution in [-0.4, -0.2) is 11.6 Å². The summed E-state index contributed by atoms with van der Waals surface area (Å²) in [6.07, 6.45) is 2.23. The minimum absolute atomic E-state index is 0.0886. The van der Waals surface area contributed by atoms with Crippen molar-refractivity contribution in [2.24, 2.45) is 0 Å². The van der Waals surface area contributed by atoms with E-state index in [1.54, 1.807) is 0 Å². The Hall–Kier alpha value is -3.65. The van der Waals surface area contributed by atoms with Crippen molar-refractivity contribution in [2.75, 3.05) is 0 Å². The summed E-state index contributed by atoms with van der Waals surface area (Å²) in [5.41, 5.74) is -0.0886. The van der Waals surface area contributed by atoms with Crippen LogP contribution >= 0.6 is 6.89 Å². The van der Waals surface area contributed by atoms with E-state index in [0.29, 0.717) is 5.29 Å². The highest BCUT2D eigenvalue weighted by Crippen LogP contribution is 2.46. The molecule has 28 heavy (non-hydrogen) atoms. The fourth-order valence-corrected chi connectivity index (χ4v) is 7.42. The van der Waals surface area contributed by atoms with Crippen molar-refractivity contribution in [1.82, 2.24) is 0 Å². The summed E-state index contributed by atoms with van der Waals surface area (Å²) in [7, 11) is 0. The van der Waals surface area contributed by atoms with Crippen LogP contribution in [0, 0.1) is 22.7 Å². The molecule has 4 heteroatoms. The highest BCUT2D eigenvalue weighted by molar-refractivity contribution is 7.96. The molecule has 0 unspecified atom stereocenters. The molecule has 134 valence electrons. The number of allylic oxidation sites excluding steroid dienone is 2. The average Bonchev–Trinajstić information content (AvgIpc) is 2.78. The third-order valence-electron chi connectivity index (χ3n) is 4.47. The Morgan fingerprint density at radius 1 is 0.679 bits per heavy atom. The molecule has 3 rings (SSSR count). The van der Waals surface area contributed by atoms with E-state index in [1.807, 2.05) is 103 Å². The van der Waals surface area contributed by atoms with Crippen LogP contribution in [0.3, 0.4) is 0 Å². The zero-order valence-electron chi connectivity index (χ0n) is 15.1. The first-order valence-corrected chi connectivity index (χ1v) is 10.5. The van der Waals surface area contributed by atoms with Gasteiger partial charge < -0.3 is 0 Å². The number of rotatable bonds is 5. The Morgan fingerprint density at radius 3 is 1.32 bits per heavy atom. The van der Waals surface area contributed by atoms with Gasteiger partial charge in [-0.1, -0.05) is 91.0 Å². The van der Waals surface area contributed by atoms with Gasteiger partial charge in [0.15, 0.2) is 6.29 Å². The van der Waals surface area contributed by atoms with Gasteiger partial charge in [0, 0.05) is 5.29 Å². The van der Waals surface area contributed by atoms with Gasteiger partial charge in [-0.3, -0.25) is 4.79 Å². The molecule has 3 aromatic carbocycles. The predicted molar refractivity (Wildman–Crippen MR) is 116 cm³/mol. The lowest BCUT2D eigenvalue weighted by molar-refractivity contribution is -0.102. The highest BCUT2D eigenvalue weighted by Gasteiger charge is 2.29. The van der Waals surface area contributed by atoms with Crippen molar-refractivity contribution in [1.29, 1.82) is 10.5 Å². The van der Waals surface area contributed by atoms with E-state index in [-0.39, 0.29) is 5.57 Å². The zero-order chi connectivity index (χ0) is 19.8. The van der Waals surface area contributed by atoms with E-state index in [9.17, 15) is 15.3 Å². The van der Waals surface area contributed by atoms with Crippen molar-refractivity contribution in [3.63, 3.8) is 0 Å². The van der Waals surface area contributed by atoms with E-state index < -0.39 is 6.89 Å². The quantitative estimate of drug-likeness (QED) is 0.387. The van der Waals surface area contributed by atoms with Gasteiger partial charge in [0.25, 0.3) is 0 Å². The van der Waals surface area contributed by atoms with Crippen molar-refractivity contribution in [3.05, 3.63) is 103 Å². The molecule has 3 aromatic rings. The molecule has 0 amide bonds. The van der Waals surface area contributed by atoms with Gasteiger partial charge in [0.05, 0.1) is 0 Å². The third kappa shape index (κ3) is 3.45. The second kappa shape index (κ2) is 8.83. The molecule has 0 saturated heterocycles. The Morgan fingerprint density at radius 2 is 1.04 bits per heavy atom. The molecule has 0 spiro atoms. The number of nitriles is 2. The molecule has 0 radical (unpaired) electrons. The smallest absolute Gasteiger partial charge is 0.151 e. The van der Waals surface area contributed by atoms with E-state index in [2.05, 4.69) is 0 Å². The second-order valence-electron chi connectivity index (χ2n) is 6.00. The molecular weight excluding hydrogens is 363 g/mol. The van der Waals surface area contributed by atoms with Crippen LogP contribution in [0.25, 0.3) is 0 Å². The Bertz CT molecular complexity index is 1020. The van der Waals surface area contributed by atoms with E-state index in [0.717, 1.165) is 22.2 Å². The summed E-state index contributed by atoms with van der Waals surface area (Å²) in [5, 5.41) is 22.0. The highest BCUT2D eigenvalue weighted by atomic mass is 31.2. The van der Waals surface area contributed by atoms with Crippen LogP contribution in [0.4, 0.5) is 0 Å². The average molecular weight is 380 g/mol. The summed E-state index contributed by atoms with van der Waals surface area (Å²) >= 11 is 0. The first-order valence-electron chi connectivity index (χ1n) is 8.68. The Balaban J connectivity index is 2.62. The Labute approximate surface area is 164 Å². The van der Waals surface area contributed by atoms with Gasteiger partial charge in [0.1, 0.15) is 17.7 Å². The number of nitrogens with zero attached hydrogens (tertiary/aromatic N) is 2. The maximum Gasteiger partial charge on any atom is 0.151 e. The fourth-order valence-electron chi connectivity index (χ4n) is 3.30. The van der Waals surface area contributed by atoms with Crippen LogP contribution < -0.4 is 15.9 Å². The first-order chi connectivity index (χ1) is 13.8. The van der Waals surface area contributed by atoms with Gasteiger partial charge in [-0.2, -0.15) is 10.5 Å². The molecule has 0 aliphatic rings. The van der Waals surface area contributed by atoms with E-state index in [4.69, 9.17) is 0 Å². The van der Waals surface area contributed by atoms with Gasteiger partial charge >= 0.3 is 0 Å². The van der Waals surface area contributed by atoms with E-state index >= 15 is 0 Å². The molecule has 0 fully saturated rings. The van der Waals surface area contributed by atoms with Crippen molar-refractivity contribution in [2.45, 2.75) is 0 Å². The van der Waals surface area contributed by atoms with Gasteiger partial charge in [-0.05, 0) is 28.9 Å². The number of carbonyl (C=O) groups is 1. The molecule has 0 aliphatic carbocycles. The van der Waals surface area contributed by atoms with Gasteiger partial charge in [-0.25, -0.2) is 0 Å². The second-order valence-corrected chi connectivity index (χ2v) is 9.41. The van der Waals surface area contributed by atoms with Crippen molar-refractivity contribution < 1.29 is 4.79 Å². The largest absolute Gasteiger partial charge is 0.298 e. The molecule has 3 nitrogen and oxygen atoms in total. The summed E-state index contributed by atoms with van der Waals surface area (Å²) in [4.78, 5) is 12.4. The zero-order valence-corrected chi connectivity index (χ0v) is 16.0. The molecule has 0 heterocycles. The van der Waals surface area contributed by atoms with Crippen molar-refractivity contribution >= 4 is 34.4 Å². The van der Waals surface area contributed by atoms with E-state index in [1.165, 1.54) is 6.08 Å². The van der Waals surface area contributed by atoms with Gasteiger partial charge in [0.2, 0.25) is 0 Å². The number of hydrogen-bond acceptors (Lipinski definition) is 3. The van der Waals surface area contributed by atoms with Crippen LogP contribution in [-0.2, 0) is 4.79 Å². The first kappa shape index (κ1) is 19.1. The minimum Gasteiger partial charge on any atom is -0.298 e. The molecule has 0 aliphatic heterocycles. The molecular formula is C24H17N2OP. The monoisotopic (exact) mass is 380 g/mol. The minimum atomic E-state index is -2.57. The molecule has 0 atom stereocenters. The SMILES string of the molecule is N#CC(C#N)=CC(C=O)=P(c1ccccc1)(c1ccccc1)c1ccccc1. The summed E-state index contributed by atoms with van der Waals surface area (Å²) in [6.45, 7) is -2.57. The lowest BCUT2D eigenvalue weighted by Crippen LogP contribution is -2.30. The maximum atomic E-state index is 12.4. The summed E-state index contributed by atoms with van der Waals surface area (Å²) in [5.74, 6) is 0. The standard InChI is InChI=1S/C24H17N2OP/c25-17-20(18-26)16-24(19-27)28(21-10-4-1-5-11-21,22-12-6-2-7-13-22)23-14-8-3-9-15-23/h1-16,19H. The molecule has 0 saturated carbocycles. The predicted octanol–water partition coefficient (Wildman–Crippen LogP) is 3.33. The van der Waals surface area contributed by atoms with Crippen LogP contribution in [0.15, 0.2) is 103 Å². The fraction of sp³-hybridized carbons (Fsp3) is 0. The van der Waals surface area contributed by atoms with Crippen LogP contribution in [0.2, 0.25) is 0 Å². The summed E-state index contributed by atoms with van der Waals surface area (Å²) < 4.78 is 0. The normalized spacial score (nSPS) is 10.2. The summed E-state index contributed by atoms with van der Waals surface area (Å²) in [6, 6.07) is 33.2. The number of benzene rings is 3. The number of hydrogen-bond donors (Lipinski definition) is 0. The third-order valence-corrected chi connectivity index (χ3v) is 8.70. The Kier molecular flexibility index (Phi) is 6.03. The lowest BCUT2D eigenvalue weighted by Gasteiger charge is -2.30. The van der Waals surface area contributed by atoms with Crippen LogP contribution in [0.1, 0.15) is 0 Å². The van der Waals surface area contributed by atoms with Crippen LogP contribution in [0.5, 0.6) is 0 Å². The number of carbonyl (C=O) groups excluding carboxylic acids is 1. The van der Waals surface area contributed by atoms with Gasteiger partial charge in [-0.15, -0.1) is 0 Å². The topological polar surface area (TPSA) is 64.7 Å². The molecule has 0 aromatic heterocycles. The molecule has 0 N–H and O–H groups in total.